The molecule has 0 radical (unpaired) electrons. The second-order valence-electron chi connectivity index (χ2n) is 4.69. The zero-order valence-electron chi connectivity index (χ0n) is 9.91. The fraction of sp³-hybridized carbons (Fsp3) is 0.917. The van der Waals surface area contributed by atoms with Crippen LogP contribution in [0.15, 0.2) is 0 Å². The summed E-state index contributed by atoms with van der Waals surface area (Å²) in [5.74, 6) is 0.882. The number of nitrogens with zero attached hydrogens (tertiary/aromatic N) is 1. The number of rotatable bonds is 6. The van der Waals surface area contributed by atoms with Crippen LogP contribution in [-0.4, -0.2) is 35.1 Å². The molecule has 0 aromatic carbocycles. The van der Waals surface area contributed by atoms with Crippen LogP contribution < -0.4 is 0 Å². The molecular weight excluding hydrogens is 190 g/mol. The lowest BCUT2D eigenvalue weighted by Gasteiger charge is -2.16. The first-order valence-electron chi connectivity index (χ1n) is 6.09. The number of hydrogen-bond donors (Lipinski definition) is 1. The van der Waals surface area contributed by atoms with Crippen LogP contribution in [0.3, 0.4) is 0 Å². The molecule has 3 nitrogen and oxygen atoms in total. The molecule has 1 rings (SSSR count). The molecule has 1 N–H and O–H groups in total. The molecule has 88 valence electrons. The summed E-state index contributed by atoms with van der Waals surface area (Å²) in [5.41, 5.74) is 0. The SMILES string of the molecule is CCCC1CC(=O)N(CCCC(C)O)C1. The Morgan fingerprint density at radius 1 is 1.60 bits per heavy atom. The number of carbonyl (C=O) groups is 1. The molecular formula is C12H23NO2. The number of aliphatic hydroxyl groups excluding tert-OH is 1. The highest BCUT2D eigenvalue weighted by atomic mass is 16.3. The molecule has 0 bridgehead atoms. The van der Waals surface area contributed by atoms with Gasteiger partial charge in [0.2, 0.25) is 5.91 Å². The van der Waals surface area contributed by atoms with Crippen LogP contribution in [0.1, 0.15) is 46.0 Å². The molecule has 1 amide bonds. The smallest absolute Gasteiger partial charge is 0.222 e. The van der Waals surface area contributed by atoms with Crippen molar-refractivity contribution in [3.8, 4) is 0 Å². The molecule has 1 aliphatic rings. The summed E-state index contributed by atoms with van der Waals surface area (Å²) in [6.45, 7) is 5.72. The fourth-order valence-corrected chi connectivity index (χ4v) is 2.25. The summed E-state index contributed by atoms with van der Waals surface area (Å²) in [5, 5.41) is 9.12. The number of likely N-dealkylation sites (tertiary alicyclic amines) is 1. The molecule has 0 aromatic rings. The highest BCUT2D eigenvalue weighted by molar-refractivity contribution is 5.78. The molecule has 1 aliphatic heterocycles. The summed E-state index contributed by atoms with van der Waals surface area (Å²) >= 11 is 0. The summed E-state index contributed by atoms with van der Waals surface area (Å²) in [6, 6.07) is 0. The quantitative estimate of drug-likeness (QED) is 0.731. The van der Waals surface area contributed by atoms with Crippen molar-refractivity contribution in [3.63, 3.8) is 0 Å². The van der Waals surface area contributed by atoms with Gasteiger partial charge in [-0.2, -0.15) is 0 Å². The van der Waals surface area contributed by atoms with E-state index in [0.717, 1.165) is 32.4 Å². The van der Waals surface area contributed by atoms with E-state index in [1.54, 1.807) is 6.92 Å². The Balaban J connectivity index is 2.22. The van der Waals surface area contributed by atoms with Gasteiger partial charge in [-0.1, -0.05) is 13.3 Å². The molecule has 2 atom stereocenters. The molecule has 0 saturated carbocycles. The van der Waals surface area contributed by atoms with Crippen LogP contribution in [0.2, 0.25) is 0 Å². The molecule has 1 saturated heterocycles. The molecule has 3 heteroatoms. The fourth-order valence-electron chi connectivity index (χ4n) is 2.25. The lowest BCUT2D eigenvalue weighted by molar-refractivity contribution is -0.127. The lowest BCUT2D eigenvalue weighted by atomic mass is 10.0. The summed E-state index contributed by atoms with van der Waals surface area (Å²) in [4.78, 5) is 13.6. The van der Waals surface area contributed by atoms with E-state index in [1.807, 2.05) is 4.90 Å². The Bertz CT molecular complexity index is 204. The third kappa shape index (κ3) is 4.20. The van der Waals surface area contributed by atoms with Gasteiger partial charge in [0.1, 0.15) is 0 Å². The normalized spacial score (nSPS) is 23.5. The maximum absolute atomic E-state index is 11.6. The van der Waals surface area contributed by atoms with Gasteiger partial charge in [-0.15, -0.1) is 0 Å². The van der Waals surface area contributed by atoms with Gasteiger partial charge in [0.15, 0.2) is 0 Å². The minimum atomic E-state index is -0.242. The van der Waals surface area contributed by atoms with E-state index in [1.165, 1.54) is 12.8 Å². The number of hydrogen-bond acceptors (Lipinski definition) is 2. The van der Waals surface area contributed by atoms with Gasteiger partial charge in [0.25, 0.3) is 0 Å². The minimum Gasteiger partial charge on any atom is -0.393 e. The maximum Gasteiger partial charge on any atom is 0.222 e. The Labute approximate surface area is 92.5 Å². The van der Waals surface area contributed by atoms with Crippen LogP contribution in [0.4, 0.5) is 0 Å². The zero-order chi connectivity index (χ0) is 11.3. The van der Waals surface area contributed by atoms with E-state index in [9.17, 15) is 4.79 Å². The third-order valence-electron chi connectivity index (χ3n) is 3.04. The van der Waals surface area contributed by atoms with Gasteiger partial charge in [0.05, 0.1) is 6.10 Å². The molecule has 2 unspecified atom stereocenters. The Hall–Kier alpha value is -0.570. The third-order valence-corrected chi connectivity index (χ3v) is 3.04. The largest absolute Gasteiger partial charge is 0.393 e. The Morgan fingerprint density at radius 2 is 2.33 bits per heavy atom. The standard InChI is InChI=1S/C12H23NO2/c1-3-5-11-8-12(15)13(9-11)7-4-6-10(2)14/h10-11,14H,3-9H2,1-2H3. The first-order chi connectivity index (χ1) is 7.13. The lowest BCUT2D eigenvalue weighted by Crippen LogP contribution is -2.26. The highest BCUT2D eigenvalue weighted by Gasteiger charge is 2.28. The number of carbonyl (C=O) groups excluding carboxylic acids is 1. The van der Waals surface area contributed by atoms with Crippen LogP contribution in [0.5, 0.6) is 0 Å². The van der Waals surface area contributed by atoms with Gasteiger partial charge in [-0.05, 0) is 32.1 Å². The van der Waals surface area contributed by atoms with Gasteiger partial charge in [-0.25, -0.2) is 0 Å². The van der Waals surface area contributed by atoms with E-state index in [-0.39, 0.29) is 6.10 Å². The van der Waals surface area contributed by atoms with Crippen molar-refractivity contribution in [2.75, 3.05) is 13.1 Å². The predicted molar refractivity (Wildman–Crippen MR) is 60.5 cm³/mol. The molecule has 1 heterocycles. The zero-order valence-corrected chi connectivity index (χ0v) is 9.91. The van der Waals surface area contributed by atoms with Crippen LogP contribution >= 0.6 is 0 Å². The van der Waals surface area contributed by atoms with E-state index >= 15 is 0 Å². The van der Waals surface area contributed by atoms with E-state index in [4.69, 9.17) is 5.11 Å². The van der Waals surface area contributed by atoms with Gasteiger partial charge >= 0.3 is 0 Å². The number of amides is 1. The van der Waals surface area contributed by atoms with E-state index in [0.29, 0.717) is 11.8 Å². The molecule has 0 aromatic heterocycles. The van der Waals surface area contributed by atoms with Crippen molar-refractivity contribution < 1.29 is 9.90 Å². The van der Waals surface area contributed by atoms with Crippen LogP contribution in [-0.2, 0) is 4.79 Å². The molecule has 1 fully saturated rings. The number of aliphatic hydroxyl groups is 1. The van der Waals surface area contributed by atoms with Crippen molar-refractivity contribution >= 4 is 5.91 Å². The molecule has 0 spiro atoms. The van der Waals surface area contributed by atoms with E-state index < -0.39 is 0 Å². The average Bonchev–Trinajstić information content (AvgIpc) is 2.47. The second kappa shape index (κ2) is 6.11. The Morgan fingerprint density at radius 3 is 2.93 bits per heavy atom. The molecule has 0 aliphatic carbocycles. The molecule has 15 heavy (non-hydrogen) atoms. The minimum absolute atomic E-state index is 0.242. The predicted octanol–water partition coefficient (Wildman–Crippen LogP) is 1.80. The van der Waals surface area contributed by atoms with Crippen molar-refractivity contribution in [2.24, 2.45) is 5.92 Å². The topological polar surface area (TPSA) is 40.5 Å². The van der Waals surface area contributed by atoms with Gasteiger partial charge in [-0.3, -0.25) is 4.79 Å². The van der Waals surface area contributed by atoms with Crippen molar-refractivity contribution in [2.45, 2.75) is 52.1 Å². The highest BCUT2D eigenvalue weighted by Crippen LogP contribution is 2.22. The summed E-state index contributed by atoms with van der Waals surface area (Å²) in [7, 11) is 0. The van der Waals surface area contributed by atoms with Crippen LogP contribution in [0.25, 0.3) is 0 Å². The van der Waals surface area contributed by atoms with Gasteiger partial charge < -0.3 is 10.0 Å². The van der Waals surface area contributed by atoms with Gasteiger partial charge in [0, 0.05) is 19.5 Å². The van der Waals surface area contributed by atoms with Crippen LogP contribution in [0, 0.1) is 5.92 Å². The van der Waals surface area contributed by atoms with Crippen molar-refractivity contribution in [3.05, 3.63) is 0 Å². The average molecular weight is 213 g/mol. The second-order valence-corrected chi connectivity index (χ2v) is 4.69. The summed E-state index contributed by atoms with van der Waals surface area (Å²) < 4.78 is 0. The first-order valence-corrected chi connectivity index (χ1v) is 6.09. The first kappa shape index (κ1) is 12.5. The van der Waals surface area contributed by atoms with Crippen molar-refractivity contribution in [1.82, 2.24) is 4.90 Å². The van der Waals surface area contributed by atoms with Crippen molar-refractivity contribution in [1.29, 1.82) is 0 Å². The monoisotopic (exact) mass is 213 g/mol. The Kier molecular flexibility index (Phi) is 5.09. The van der Waals surface area contributed by atoms with E-state index in [2.05, 4.69) is 6.92 Å². The maximum atomic E-state index is 11.6. The summed E-state index contributed by atoms with van der Waals surface area (Å²) in [6.07, 6.45) is 4.54.